The summed E-state index contributed by atoms with van der Waals surface area (Å²) in [5.41, 5.74) is 1.47. The van der Waals surface area contributed by atoms with Crippen LogP contribution < -0.4 is 4.80 Å². The second kappa shape index (κ2) is 9.37. The molecule has 4 aromatic rings. The van der Waals surface area contributed by atoms with Gasteiger partial charge in [-0.1, -0.05) is 11.3 Å². The molecule has 4 rings (SSSR count). The number of aryl methyl sites for hydroxylation is 1. The summed E-state index contributed by atoms with van der Waals surface area (Å²) in [5.74, 6) is -0.438. The number of methoxy groups -OCH3 is 1. The van der Waals surface area contributed by atoms with Gasteiger partial charge in [0.1, 0.15) is 5.76 Å². The van der Waals surface area contributed by atoms with Gasteiger partial charge in [-0.3, -0.25) is 4.79 Å². The van der Waals surface area contributed by atoms with E-state index in [1.165, 1.54) is 60.3 Å². The quantitative estimate of drug-likeness (QED) is 0.377. The van der Waals surface area contributed by atoms with Crippen LogP contribution in [0.25, 0.3) is 10.2 Å². The van der Waals surface area contributed by atoms with E-state index in [1.807, 2.05) is 0 Å². The summed E-state index contributed by atoms with van der Waals surface area (Å²) in [4.78, 5) is 29.2. The first kappa shape index (κ1) is 23.6. The van der Waals surface area contributed by atoms with E-state index in [1.54, 1.807) is 41.9 Å². The predicted octanol–water partition coefficient (Wildman–Crippen LogP) is 3.18. The summed E-state index contributed by atoms with van der Waals surface area (Å²) in [7, 11) is 0.780. The van der Waals surface area contributed by atoms with Gasteiger partial charge in [0.15, 0.2) is 4.80 Å². The van der Waals surface area contributed by atoms with Crippen molar-refractivity contribution in [2.24, 2.45) is 12.0 Å². The van der Waals surface area contributed by atoms with Crippen molar-refractivity contribution < 1.29 is 27.2 Å². The summed E-state index contributed by atoms with van der Waals surface area (Å²) in [6.07, 6.45) is 1.48. The fraction of sp³-hybridized carbons (Fsp3) is 0.174. The number of carbonyl (C=O) groups is 2. The lowest BCUT2D eigenvalue weighted by Crippen LogP contribution is -2.26. The molecule has 0 saturated heterocycles. The van der Waals surface area contributed by atoms with Crippen LogP contribution in [0.1, 0.15) is 26.5 Å². The molecule has 11 heteroatoms. The Morgan fingerprint density at radius 1 is 1.12 bits per heavy atom. The Balaban J connectivity index is 1.58. The Morgan fingerprint density at radius 2 is 1.82 bits per heavy atom. The second-order valence-electron chi connectivity index (χ2n) is 7.40. The number of fused-ring (bicyclic) bond motifs is 1. The van der Waals surface area contributed by atoms with Crippen molar-refractivity contribution in [2.75, 3.05) is 14.2 Å². The predicted molar refractivity (Wildman–Crippen MR) is 126 cm³/mol. The van der Waals surface area contributed by atoms with Crippen LogP contribution in [0, 0.1) is 0 Å². The van der Waals surface area contributed by atoms with Crippen LogP contribution in [0.15, 0.2) is 75.2 Å². The van der Waals surface area contributed by atoms with E-state index in [0.29, 0.717) is 16.1 Å². The SMILES string of the molecule is COC(=O)c1ccc2c(c1)sc(=NC(=O)c1ccc(S(=O)(=O)N(C)Cc3ccco3)cc1)n2C. The summed E-state index contributed by atoms with van der Waals surface area (Å²) in [5, 5.41) is 0. The van der Waals surface area contributed by atoms with Crippen LogP contribution in [0.4, 0.5) is 0 Å². The first-order valence-corrected chi connectivity index (χ1v) is 12.3. The molecule has 34 heavy (non-hydrogen) atoms. The van der Waals surface area contributed by atoms with E-state index in [-0.39, 0.29) is 17.0 Å². The zero-order valence-corrected chi connectivity index (χ0v) is 20.2. The molecule has 176 valence electrons. The van der Waals surface area contributed by atoms with Crippen molar-refractivity contribution >= 4 is 43.5 Å². The minimum Gasteiger partial charge on any atom is -0.468 e. The standard InChI is InChI=1S/C23H21N3O6S2/c1-25(14-17-5-4-12-32-17)34(29,30)18-9-6-15(7-10-18)21(27)24-23-26(2)19-11-8-16(22(28)31-3)13-20(19)33-23/h4-13H,14H2,1-3H3. The fourth-order valence-electron chi connectivity index (χ4n) is 3.29. The molecule has 9 nitrogen and oxygen atoms in total. The lowest BCUT2D eigenvalue weighted by atomic mass is 10.2. The maximum atomic E-state index is 12.8. The Kier molecular flexibility index (Phi) is 6.51. The maximum absolute atomic E-state index is 12.8. The Bertz CT molecular complexity index is 1530. The third kappa shape index (κ3) is 4.58. The van der Waals surface area contributed by atoms with Gasteiger partial charge in [0.2, 0.25) is 10.0 Å². The molecule has 2 aromatic heterocycles. The zero-order valence-electron chi connectivity index (χ0n) is 18.6. The highest BCUT2D eigenvalue weighted by Gasteiger charge is 2.22. The van der Waals surface area contributed by atoms with Gasteiger partial charge in [0, 0.05) is 19.7 Å². The van der Waals surface area contributed by atoms with Crippen LogP contribution in [-0.2, 0) is 28.4 Å². The number of hydrogen-bond donors (Lipinski definition) is 0. The van der Waals surface area contributed by atoms with Crippen molar-refractivity contribution in [2.45, 2.75) is 11.4 Å². The van der Waals surface area contributed by atoms with Crippen molar-refractivity contribution in [1.82, 2.24) is 8.87 Å². The average Bonchev–Trinajstić information content (AvgIpc) is 3.46. The highest BCUT2D eigenvalue weighted by molar-refractivity contribution is 7.89. The monoisotopic (exact) mass is 499 g/mol. The lowest BCUT2D eigenvalue weighted by molar-refractivity contribution is 0.0600. The number of nitrogens with zero attached hydrogens (tertiary/aromatic N) is 3. The number of esters is 1. The van der Waals surface area contributed by atoms with E-state index in [9.17, 15) is 18.0 Å². The normalized spacial score (nSPS) is 12.4. The zero-order chi connectivity index (χ0) is 24.5. The molecule has 0 bridgehead atoms. The van der Waals surface area contributed by atoms with E-state index >= 15 is 0 Å². The molecule has 0 saturated carbocycles. The van der Waals surface area contributed by atoms with Crippen LogP contribution in [0.3, 0.4) is 0 Å². The highest BCUT2D eigenvalue weighted by Crippen LogP contribution is 2.20. The van der Waals surface area contributed by atoms with Crippen LogP contribution >= 0.6 is 11.3 Å². The molecule has 2 heterocycles. The number of ether oxygens (including phenoxy) is 1. The number of benzene rings is 2. The topological polar surface area (TPSA) is 111 Å². The number of furan rings is 1. The Morgan fingerprint density at radius 3 is 2.47 bits per heavy atom. The molecule has 2 aromatic carbocycles. The Hall–Kier alpha value is -3.54. The minimum atomic E-state index is -3.76. The molecule has 0 fully saturated rings. The Labute approximate surface area is 199 Å². The summed E-state index contributed by atoms with van der Waals surface area (Å²) < 4.78 is 39.3. The van der Waals surface area contributed by atoms with Gasteiger partial charge in [0.05, 0.1) is 40.6 Å². The summed E-state index contributed by atoms with van der Waals surface area (Å²) in [6.45, 7) is 0.0888. The molecule has 0 spiro atoms. The van der Waals surface area contributed by atoms with Crippen molar-refractivity contribution in [3.8, 4) is 0 Å². The van der Waals surface area contributed by atoms with Gasteiger partial charge >= 0.3 is 5.97 Å². The van der Waals surface area contributed by atoms with Gasteiger partial charge in [-0.15, -0.1) is 0 Å². The van der Waals surface area contributed by atoms with E-state index in [4.69, 9.17) is 9.15 Å². The minimum absolute atomic E-state index is 0.0564. The number of rotatable bonds is 6. The molecule has 0 aliphatic rings. The summed E-state index contributed by atoms with van der Waals surface area (Å²) >= 11 is 1.26. The van der Waals surface area contributed by atoms with Gasteiger partial charge in [0.25, 0.3) is 5.91 Å². The third-order valence-electron chi connectivity index (χ3n) is 5.20. The molecule has 0 aliphatic heterocycles. The van der Waals surface area contributed by atoms with Crippen molar-refractivity contribution in [1.29, 1.82) is 0 Å². The van der Waals surface area contributed by atoms with Crippen molar-refractivity contribution in [3.05, 3.63) is 82.5 Å². The first-order chi connectivity index (χ1) is 16.2. The molecular weight excluding hydrogens is 478 g/mol. The number of hydrogen-bond acceptors (Lipinski definition) is 7. The number of thiazole rings is 1. The number of amides is 1. The fourth-order valence-corrected chi connectivity index (χ4v) is 5.49. The van der Waals surface area contributed by atoms with Crippen LogP contribution in [-0.4, -0.2) is 43.3 Å². The maximum Gasteiger partial charge on any atom is 0.337 e. The van der Waals surface area contributed by atoms with Gasteiger partial charge in [-0.05, 0) is 54.6 Å². The second-order valence-corrected chi connectivity index (χ2v) is 10.5. The number of carbonyl (C=O) groups excluding carboxylic acids is 2. The van der Waals surface area contributed by atoms with Crippen LogP contribution in [0.5, 0.6) is 0 Å². The van der Waals surface area contributed by atoms with Gasteiger partial charge < -0.3 is 13.7 Å². The van der Waals surface area contributed by atoms with E-state index in [2.05, 4.69) is 4.99 Å². The third-order valence-corrected chi connectivity index (χ3v) is 8.11. The van der Waals surface area contributed by atoms with Gasteiger partial charge in [-0.2, -0.15) is 9.30 Å². The smallest absolute Gasteiger partial charge is 0.337 e. The highest BCUT2D eigenvalue weighted by atomic mass is 32.2. The first-order valence-electron chi connectivity index (χ1n) is 10.1. The molecule has 0 radical (unpaired) electrons. The van der Waals surface area contributed by atoms with Crippen molar-refractivity contribution in [3.63, 3.8) is 0 Å². The molecule has 0 N–H and O–H groups in total. The summed E-state index contributed by atoms with van der Waals surface area (Å²) in [6, 6.07) is 14.1. The molecular formula is C23H21N3O6S2. The molecule has 0 aliphatic carbocycles. The molecule has 0 atom stereocenters. The lowest BCUT2D eigenvalue weighted by Gasteiger charge is -2.16. The largest absolute Gasteiger partial charge is 0.468 e. The molecule has 0 unspecified atom stereocenters. The van der Waals surface area contributed by atoms with E-state index < -0.39 is 21.9 Å². The number of aromatic nitrogens is 1. The van der Waals surface area contributed by atoms with E-state index in [0.717, 1.165) is 10.2 Å². The molecule has 1 amide bonds. The number of sulfonamides is 1. The average molecular weight is 500 g/mol. The van der Waals surface area contributed by atoms with Crippen LogP contribution in [0.2, 0.25) is 0 Å². The van der Waals surface area contributed by atoms with Gasteiger partial charge in [-0.25, -0.2) is 13.2 Å².